The molecule has 1 heterocycles. The summed E-state index contributed by atoms with van der Waals surface area (Å²) in [5, 5.41) is 6.27. The summed E-state index contributed by atoms with van der Waals surface area (Å²) in [4.78, 5) is 27.3. The van der Waals surface area contributed by atoms with Crippen LogP contribution in [0.5, 0.6) is 5.88 Å². The quantitative estimate of drug-likeness (QED) is 0.666. The van der Waals surface area contributed by atoms with Gasteiger partial charge in [-0.3, -0.25) is 9.59 Å². The Hall–Kier alpha value is -2.73. The Balaban J connectivity index is 1.42. The summed E-state index contributed by atoms with van der Waals surface area (Å²) in [7, 11) is 0. The van der Waals surface area contributed by atoms with E-state index in [1.807, 2.05) is 31.2 Å². The molecule has 1 saturated carbocycles. The van der Waals surface area contributed by atoms with Crippen molar-refractivity contribution < 1.29 is 14.3 Å². The number of anilines is 1. The molecule has 0 aliphatic heterocycles. The molecule has 0 spiro atoms. The first kappa shape index (κ1) is 19.0. The molecule has 0 saturated heterocycles. The summed E-state index contributed by atoms with van der Waals surface area (Å²) in [6.07, 6.45) is 4.85. The maximum atomic E-state index is 12.3. The highest BCUT2D eigenvalue weighted by molar-refractivity contribution is 6.04. The summed E-state index contributed by atoms with van der Waals surface area (Å²) in [5.41, 5.74) is 2.47. The van der Waals surface area contributed by atoms with Gasteiger partial charge in [0.15, 0.2) is 0 Å². The predicted octanol–water partition coefficient (Wildman–Crippen LogP) is 2.99. The maximum absolute atomic E-state index is 12.3. The summed E-state index contributed by atoms with van der Waals surface area (Å²) in [6, 6.07) is 11.6. The molecule has 6 heteroatoms. The van der Waals surface area contributed by atoms with Crippen LogP contribution < -0.4 is 15.4 Å². The number of hydrogen-bond acceptors (Lipinski definition) is 5. The van der Waals surface area contributed by atoms with Gasteiger partial charge in [0.05, 0.1) is 12.2 Å². The second-order valence-corrected chi connectivity index (χ2v) is 6.67. The van der Waals surface area contributed by atoms with Crippen LogP contribution in [0.3, 0.4) is 0 Å². The van der Waals surface area contributed by atoms with E-state index < -0.39 is 0 Å². The summed E-state index contributed by atoms with van der Waals surface area (Å²) < 4.78 is 5.28. The number of benzene rings is 1. The van der Waals surface area contributed by atoms with Gasteiger partial charge < -0.3 is 15.4 Å². The molecule has 1 aromatic carbocycles. The topological polar surface area (TPSA) is 80.3 Å². The molecule has 1 fully saturated rings. The van der Waals surface area contributed by atoms with Gasteiger partial charge in [0.1, 0.15) is 5.78 Å². The number of aromatic nitrogens is 1. The second-order valence-electron chi connectivity index (χ2n) is 6.67. The fraction of sp³-hybridized carbons (Fsp3) is 0.381. The average Bonchev–Trinajstić information content (AvgIpc) is 2.65. The number of amides is 1. The maximum Gasteiger partial charge on any atom is 0.257 e. The van der Waals surface area contributed by atoms with Crippen LogP contribution in [0.1, 0.15) is 42.1 Å². The number of nitrogens with zero attached hydrogens (tertiary/aromatic N) is 1. The molecular formula is C21H25N3O3. The second kappa shape index (κ2) is 9.28. The van der Waals surface area contributed by atoms with Crippen LogP contribution in [0.15, 0.2) is 42.6 Å². The first-order valence-corrected chi connectivity index (χ1v) is 9.38. The molecule has 0 radical (unpaired) electrons. The van der Waals surface area contributed by atoms with Gasteiger partial charge in [0.25, 0.3) is 5.91 Å². The lowest BCUT2D eigenvalue weighted by Crippen LogP contribution is -2.41. The average molecular weight is 367 g/mol. The molecule has 0 atom stereocenters. The van der Waals surface area contributed by atoms with Gasteiger partial charge in [0, 0.05) is 36.8 Å². The van der Waals surface area contributed by atoms with E-state index in [0.29, 0.717) is 42.7 Å². The van der Waals surface area contributed by atoms with Gasteiger partial charge in [-0.2, -0.15) is 0 Å². The highest BCUT2D eigenvalue weighted by Crippen LogP contribution is 2.15. The van der Waals surface area contributed by atoms with Crippen molar-refractivity contribution in [1.82, 2.24) is 10.3 Å². The van der Waals surface area contributed by atoms with Crippen LogP contribution in [-0.4, -0.2) is 35.9 Å². The number of aryl methyl sites for hydroxylation is 1. The number of hydrogen-bond donors (Lipinski definition) is 2. The fourth-order valence-electron chi connectivity index (χ4n) is 2.94. The first-order valence-electron chi connectivity index (χ1n) is 9.38. The van der Waals surface area contributed by atoms with Crippen LogP contribution in [0.25, 0.3) is 0 Å². The molecule has 3 rings (SSSR count). The van der Waals surface area contributed by atoms with Crippen LogP contribution in [-0.2, 0) is 11.2 Å². The summed E-state index contributed by atoms with van der Waals surface area (Å²) in [5.74, 6) is 0.667. The van der Waals surface area contributed by atoms with Gasteiger partial charge in [-0.1, -0.05) is 12.1 Å². The molecule has 142 valence electrons. The minimum Gasteiger partial charge on any atom is -0.478 e. The Morgan fingerprint density at radius 1 is 1.19 bits per heavy atom. The van der Waals surface area contributed by atoms with Crippen molar-refractivity contribution in [3.63, 3.8) is 0 Å². The fourth-order valence-corrected chi connectivity index (χ4v) is 2.94. The van der Waals surface area contributed by atoms with Crippen LogP contribution in [0, 0.1) is 0 Å². The molecule has 2 N–H and O–H groups in total. The zero-order chi connectivity index (χ0) is 19.1. The molecule has 6 nitrogen and oxygen atoms in total. The van der Waals surface area contributed by atoms with Crippen molar-refractivity contribution in [2.24, 2.45) is 0 Å². The third-order valence-corrected chi connectivity index (χ3v) is 4.53. The molecule has 0 unspecified atom stereocenters. The summed E-state index contributed by atoms with van der Waals surface area (Å²) in [6.45, 7) is 3.35. The van der Waals surface area contributed by atoms with Crippen LogP contribution >= 0.6 is 0 Å². The zero-order valence-electron chi connectivity index (χ0n) is 15.5. The number of carbonyl (C=O) groups is 2. The van der Waals surface area contributed by atoms with Crippen molar-refractivity contribution >= 4 is 17.4 Å². The molecule has 1 aliphatic carbocycles. The van der Waals surface area contributed by atoms with Crippen molar-refractivity contribution in [3.05, 3.63) is 53.7 Å². The Labute approximate surface area is 159 Å². The largest absolute Gasteiger partial charge is 0.478 e. The lowest BCUT2D eigenvalue weighted by molar-refractivity contribution is -0.125. The molecule has 1 aromatic heterocycles. The molecule has 27 heavy (non-hydrogen) atoms. The highest BCUT2D eigenvalue weighted by Gasteiger charge is 2.25. The van der Waals surface area contributed by atoms with E-state index in [0.717, 1.165) is 25.1 Å². The SMILES string of the molecule is CCOc1ccc(C(=O)Nc2ccc(CCCNC3CC(=O)C3)cc2)cn1. The van der Waals surface area contributed by atoms with Crippen LogP contribution in [0.2, 0.25) is 0 Å². The lowest BCUT2D eigenvalue weighted by Gasteiger charge is -2.25. The number of carbonyl (C=O) groups excluding carboxylic acids is 2. The van der Waals surface area contributed by atoms with Crippen molar-refractivity contribution in [3.8, 4) is 5.88 Å². The van der Waals surface area contributed by atoms with E-state index >= 15 is 0 Å². The molecule has 0 bridgehead atoms. The number of nitrogens with one attached hydrogen (secondary N) is 2. The Morgan fingerprint density at radius 2 is 1.96 bits per heavy atom. The number of Topliss-reactive ketones (excluding diaryl/α,β-unsaturated/α-hetero) is 1. The zero-order valence-corrected chi connectivity index (χ0v) is 15.5. The smallest absolute Gasteiger partial charge is 0.257 e. The first-order chi connectivity index (χ1) is 13.1. The van der Waals surface area contributed by atoms with E-state index in [2.05, 4.69) is 15.6 Å². The van der Waals surface area contributed by atoms with E-state index in [9.17, 15) is 9.59 Å². The Morgan fingerprint density at radius 3 is 2.59 bits per heavy atom. The van der Waals surface area contributed by atoms with Crippen molar-refractivity contribution in [2.75, 3.05) is 18.5 Å². The Bertz CT molecular complexity index is 764. The molecular weight excluding hydrogens is 342 g/mol. The number of ketones is 1. The van der Waals surface area contributed by atoms with E-state index in [1.165, 1.54) is 11.8 Å². The van der Waals surface area contributed by atoms with Gasteiger partial charge in [-0.15, -0.1) is 0 Å². The predicted molar refractivity (Wildman–Crippen MR) is 104 cm³/mol. The minimum absolute atomic E-state index is 0.197. The highest BCUT2D eigenvalue weighted by atomic mass is 16.5. The minimum atomic E-state index is -0.197. The van der Waals surface area contributed by atoms with Gasteiger partial charge >= 0.3 is 0 Å². The third kappa shape index (κ3) is 5.62. The van der Waals surface area contributed by atoms with E-state index in [4.69, 9.17) is 4.74 Å². The molecule has 2 aromatic rings. The molecule has 1 amide bonds. The van der Waals surface area contributed by atoms with Gasteiger partial charge in [-0.05, 0) is 50.1 Å². The number of pyridine rings is 1. The van der Waals surface area contributed by atoms with Gasteiger partial charge in [-0.25, -0.2) is 4.98 Å². The Kier molecular flexibility index (Phi) is 6.54. The van der Waals surface area contributed by atoms with Crippen molar-refractivity contribution in [1.29, 1.82) is 0 Å². The monoisotopic (exact) mass is 367 g/mol. The van der Waals surface area contributed by atoms with Crippen molar-refractivity contribution in [2.45, 2.75) is 38.6 Å². The number of rotatable bonds is 9. The standard InChI is InChI=1S/C21H25N3O3/c1-2-27-20-10-7-16(14-23-20)21(26)24-17-8-5-15(6-9-17)4-3-11-22-18-12-19(25)13-18/h5-10,14,18,22H,2-4,11-13H2,1H3,(H,24,26). The van der Waals surface area contributed by atoms with E-state index in [1.54, 1.807) is 12.1 Å². The van der Waals surface area contributed by atoms with E-state index in [-0.39, 0.29) is 5.91 Å². The van der Waals surface area contributed by atoms with Gasteiger partial charge in [0.2, 0.25) is 5.88 Å². The third-order valence-electron chi connectivity index (χ3n) is 4.53. The molecule has 1 aliphatic rings. The normalized spacial score (nSPS) is 13.9. The summed E-state index contributed by atoms with van der Waals surface area (Å²) >= 11 is 0. The lowest BCUT2D eigenvalue weighted by atomic mass is 9.91. The number of ether oxygens (including phenoxy) is 1. The van der Waals surface area contributed by atoms with Crippen LogP contribution in [0.4, 0.5) is 5.69 Å².